The van der Waals surface area contributed by atoms with Gasteiger partial charge in [-0.3, -0.25) is 0 Å². The molecule has 0 radical (unpaired) electrons. The van der Waals surface area contributed by atoms with Gasteiger partial charge in [0.1, 0.15) is 0 Å². The molecule has 0 fully saturated rings. The molecule has 0 aliphatic carbocycles. The van der Waals surface area contributed by atoms with Crippen molar-refractivity contribution in [2.45, 2.75) is 19.6 Å². The lowest BCUT2D eigenvalue weighted by Crippen LogP contribution is -2.40. The fraction of sp³-hybridized carbons (Fsp3) is 0.778. The highest BCUT2D eigenvalue weighted by molar-refractivity contribution is 6.69. The van der Waals surface area contributed by atoms with Gasteiger partial charge in [0.05, 0.1) is 0 Å². The molecule has 0 saturated carbocycles. The molecule has 0 rings (SSSR count). The highest BCUT2D eigenvalue weighted by Gasteiger charge is 2.33. The van der Waals surface area contributed by atoms with Gasteiger partial charge >= 0.3 is 8.80 Å². The van der Waals surface area contributed by atoms with Crippen LogP contribution in [-0.2, 0) is 17.7 Å². The fourth-order valence-electron chi connectivity index (χ4n) is 0.500. The van der Waals surface area contributed by atoms with Gasteiger partial charge in [-0.2, -0.15) is 0 Å². The Labute approximate surface area is 95.7 Å². The topological polar surface area (TPSA) is 36.9 Å². The summed E-state index contributed by atoms with van der Waals surface area (Å²) >= 11 is 0. The Morgan fingerprint density at radius 2 is 1.07 bits per heavy atom. The van der Waals surface area contributed by atoms with Crippen LogP contribution < -0.4 is 0 Å². The molecule has 0 bridgehead atoms. The average molecular weight is 252 g/mol. The van der Waals surface area contributed by atoms with Crippen molar-refractivity contribution in [3.8, 4) is 0 Å². The molecular weight excluding hydrogens is 228 g/mol. The van der Waals surface area contributed by atoms with Crippen LogP contribution in [0.4, 0.5) is 0 Å². The van der Waals surface area contributed by atoms with Crippen LogP contribution >= 0.6 is 0 Å². The molecule has 0 N–H and O–H groups in total. The summed E-state index contributed by atoms with van der Waals surface area (Å²) in [6.45, 7) is 10.0. The average Bonchev–Trinajstić information content (AvgIpc) is 2.22. The zero-order chi connectivity index (χ0) is 12.5. The first kappa shape index (κ1) is 17.4. The molecule has 0 aliphatic heterocycles. The first-order valence-electron chi connectivity index (χ1n) is 4.65. The number of rotatable bonds is 5. The van der Waals surface area contributed by atoms with Crippen molar-refractivity contribution < 1.29 is 17.7 Å². The monoisotopic (exact) mass is 252 g/mol. The predicted molar refractivity (Wildman–Crippen MR) is 67.3 cm³/mol. The summed E-state index contributed by atoms with van der Waals surface area (Å²) in [6.07, 6.45) is 0. The summed E-state index contributed by atoms with van der Waals surface area (Å²) in [5.41, 5.74) is 1.58. The third kappa shape index (κ3) is 8.97. The lowest BCUT2D eigenvalue weighted by Gasteiger charge is -2.19. The summed E-state index contributed by atoms with van der Waals surface area (Å²) < 4.78 is 20.0. The van der Waals surface area contributed by atoms with Gasteiger partial charge in [0.25, 0.3) is 0 Å². The van der Waals surface area contributed by atoms with E-state index in [2.05, 4.69) is 26.2 Å². The van der Waals surface area contributed by atoms with Crippen molar-refractivity contribution in [2.24, 2.45) is 0 Å². The molecule has 0 aromatic rings. The van der Waals surface area contributed by atoms with Crippen LogP contribution in [0.15, 0.2) is 12.3 Å². The highest BCUT2D eigenvalue weighted by atomic mass is 28.4. The van der Waals surface area contributed by atoms with Gasteiger partial charge < -0.3 is 17.7 Å². The molecule has 92 valence electrons. The van der Waals surface area contributed by atoms with Crippen LogP contribution in [0.2, 0.25) is 19.6 Å². The second-order valence-electron chi connectivity index (χ2n) is 3.74. The van der Waals surface area contributed by atoms with Gasteiger partial charge in [0.15, 0.2) is 8.32 Å². The SMILES string of the molecule is C=C[Si](OC)(OC)OC.CO[Si](C)(C)C. The molecular formula is C9H24O4Si2. The van der Waals surface area contributed by atoms with Crippen LogP contribution in [0, 0.1) is 0 Å². The van der Waals surface area contributed by atoms with Gasteiger partial charge in [-0.15, -0.1) is 0 Å². The predicted octanol–water partition coefficient (Wildman–Crippen LogP) is 2.06. The van der Waals surface area contributed by atoms with Gasteiger partial charge in [-0.25, -0.2) is 0 Å². The molecule has 15 heavy (non-hydrogen) atoms. The summed E-state index contributed by atoms with van der Waals surface area (Å²) in [7, 11) is 2.84. The van der Waals surface area contributed by atoms with E-state index in [0.717, 1.165) is 0 Å². The molecule has 6 heteroatoms. The van der Waals surface area contributed by atoms with Crippen molar-refractivity contribution >= 4 is 17.1 Å². The van der Waals surface area contributed by atoms with Crippen molar-refractivity contribution in [3.05, 3.63) is 12.3 Å². The molecule has 0 atom stereocenters. The van der Waals surface area contributed by atoms with E-state index in [1.54, 1.807) is 34.1 Å². The standard InChI is InChI=1S/C5H12O3Si.C4H12OSi/c1-5-9(6-2,7-3)8-4;1-5-6(2,3)4/h5H,1H2,2-4H3;1-4H3. The lowest BCUT2D eigenvalue weighted by molar-refractivity contribution is 0.138. The number of hydrogen-bond acceptors (Lipinski definition) is 4. The third-order valence-electron chi connectivity index (χ3n) is 1.72. The van der Waals surface area contributed by atoms with E-state index in [0.29, 0.717) is 0 Å². The number of hydrogen-bond donors (Lipinski definition) is 0. The van der Waals surface area contributed by atoms with Gasteiger partial charge in [0.2, 0.25) is 0 Å². The van der Waals surface area contributed by atoms with Crippen molar-refractivity contribution in [1.29, 1.82) is 0 Å². The zero-order valence-corrected chi connectivity index (χ0v) is 12.9. The van der Waals surface area contributed by atoms with Crippen molar-refractivity contribution in [2.75, 3.05) is 28.4 Å². The van der Waals surface area contributed by atoms with Crippen LogP contribution in [0.5, 0.6) is 0 Å². The molecule has 0 amide bonds. The Morgan fingerprint density at radius 1 is 0.800 bits per heavy atom. The fourth-order valence-corrected chi connectivity index (χ4v) is 1.50. The maximum atomic E-state index is 5.08. The molecule has 4 nitrogen and oxygen atoms in total. The van der Waals surface area contributed by atoms with E-state index in [-0.39, 0.29) is 0 Å². The third-order valence-corrected chi connectivity index (χ3v) is 5.15. The smallest absolute Gasteiger partial charge is 0.421 e. The van der Waals surface area contributed by atoms with Crippen molar-refractivity contribution in [3.63, 3.8) is 0 Å². The van der Waals surface area contributed by atoms with E-state index in [9.17, 15) is 0 Å². The minimum Gasteiger partial charge on any atom is -0.421 e. The summed E-state index contributed by atoms with van der Waals surface area (Å²) in [5.74, 6) is 0. The Morgan fingerprint density at radius 3 is 1.07 bits per heavy atom. The summed E-state index contributed by atoms with van der Waals surface area (Å²) in [4.78, 5) is 0. The normalized spacial score (nSPS) is 11.7. The zero-order valence-electron chi connectivity index (χ0n) is 10.9. The molecule has 0 spiro atoms. The van der Waals surface area contributed by atoms with E-state index < -0.39 is 17.1 Å². The van der Waals surface area contributed by atoms with Crippen LogP contribution in [0.1, 0.15) is 0 Å². The van der Waals surface area contributed by atoms with Crippen molar-refractivity contribution in [1.82, 2.24) is 0 Å². The largest absolute Gasteiger partial charge is 0.528 e. The Bertz CT molecular complexity index is 156. The minimum absolute atomic E-state index is 1.13. The van der Waals surface area contributed by atoms with Gasteiger partial charge in [0, 0.05) is 28.4 Å². The quantitative estimate of drug-likeness (QED) is 0.702. The van der Waals surface area contributed by atoms with Crippen LogP contribution in [-0.4, -0.2) is 45.6 Å². The molecule has 0 saturated heterocycles. The maximum Gasteiger partial charge on any atom is 0.528 e. The summed E-state index contributed by atoms with van der Waals surface area (Å²) in [6, 6.07) is 0. The van der Waals surface area contributed by atoms with Crippen LogP contribution in [0.25, 0.3) is 0 Å². The van der Waals surface area contributed by atoms with E-state index in [4.69, 9.17) is 17.7 Å². The molecule has 0 heterocycles. The lowest BCUT2D eigenvalue weighted by atomic mass is 11.3. The highest BCUT2D eigenvalue weighted by Crippen LogP contribution is 2.04. The molecule has 0 aromatic heterocycles. The van der Waals surface area contributed by atoms with Gasteiger partial charge in [-0.1, -0.05) is 6.58 Å². The van der Waals surface area contributed by atoms with E-state index in [1.165, 1.54) is 0 Å². The van der Waals surface area contributed by atoms with E-state index >= 15 is 0 Å². The molecule has 0 aromatic carbocycles. The Balaban J connectivity index is 0. The summed E-state index contributed by atoms with van der Waals surface area (Å²) in [5, 5.41) is 0. The minimum atomic E-state index is -2.43. The molecule has 0 unspecified atom stereocenters. The first-order valence-corrected chi connectivity index (χ1v) is 9.86. The Hall–Kier alpha value is 0.0138. The van der Waals surface area contributed by atoms with Crippen LogP contribution in [0.3, 0.4) is 0 Å². The molecule has 0 aliphatic rings. The van der Waals surface area contributed by atoms with E-state index in [1.807, 2.05) is 0 Å². The maximum absolute atomic E-state index is 5.08. The second kappa shape index (κ2) is 8.20. The first-order chi connectivity index (χ1) is 6.80. The second-order valence-corrected chi connectivity index (χ2v) is 11.2. The Kier molecular flexibility index (Phi) is 9.52. The van der Waals surface area contributed by atoms with Gasteiger partial charge in [-0.05, 0) is 25.3 Å².